The van der Waals surface area contributed by atoms with Crippen LogP contribution in [0.5, 0.6) is 0 Å². The zero-order valence-corrected chi connectivity index (χ0v) is 12.2. The summed E-state index contributed by atoms with van der Waals surface area (Å²) in [6.07, 6.45) is 0.750. The smallest absolute Gasteiger partial charge is 0.221 e. The van der Waals surface area contributed by atoms with Gasteiger partial charge in [-0.25, -0.2) is 9.97 Å². The lowest BCUT2D eigenvalue weighted by atomic mass is 10.3. The Kier molecular flexibility index (Phi) is 4.57. The summed E-state index contributed by atoms with van der Waals surface area (Å²) in [6, 6.07) is 9.33. The number of nitrogen functional groups attached to an aromatic ring is 1. The highest BCUT2D eigenvalue weighted by Crippen LogP contribution is 2.28. The van der Waals surface area contributed by atoms with Gasteiger partial charge in [0.05, 0.1) is 0 Å². The molecule has 0 saturated heterocycles. The van der Waals surface area contributed by atoms with E-state index in [2.05, 4.69) is 15.3 Å². The van der Waals surface area contributed by atoms with Gasteiger partial charge in [-0.2, -0.15) is 0 Å². The van der Waals surface area contributed by atoms with Crippen LogP contribution in [-0.2, 0) is 11.2 Å². The van der Waals surface area contributed by atoms with Gasteiger partial charge in [0.2, 0.25) is 5.91 Å². The van der Waals surface area contributed by atoms with Crippen LogP contribution < -0.4 is 11.1 Å². The lowest BCUT2D eigenvalue weighted by molar-refractivity contribution is -0.114. The second-order valence-electron chi connectivity index (χ2n) is 4.21. The summed E-state index contributed by atoms with van der Waals surface area (Å²) in [5.41, 5.74) is 6.53. The molecule has 20 heavy (non-hydrogen) atoms. The Hall–Kier alpha value is -2.08. The van der Waals surface area contributed by atoms with Crippen LogP contribution in [0.1, 0.15) is 19.7 Å². The van der Waals surface area contributed by atoms with Crippen LogP contribution >= 0.6 is 11.8 Å². The molecule has 1 aromatic carbocycles. The van der Waals surface area contributed by atoms with Crippen LogP contribution in [0, 0.1) is 0 Å². The standard InChI is InChI=1S/C14H16N4OS/c1-3-13-17-12(15)8-14(18-13)20-11-6-4-10(5-7-11)16-9(2)19/h4-8H,3H2,1-2H3,(H,16,19)(H2,15,17,18). The molecule has 3 N–H and O–H groups in total. The van der Waals surface area contributed by atoms with E-state index in [4.69, 9.17) is 5.73 Å². The van der Waals surface area contributed by atoms with Crippen LogP contribution in [0.25, 0.3) is 0 Å². The zero-order valence-electron chi connectivity index (χ0n) is 11.4. The topological polar surface area (TPSA) is 80.9 Å². The number of benzene rings is 1. The van der Waals surface area contributed by atoms with Crippen LogP contribution in [0.3, 0.4) is 0 Å². The first-order valence-electron chi connectivity index (χ1n) is 6.25. The predicted octanol–water partition coefficient (Wildman–Crippen LogP) is 2.73. The van der Waals surface area contributed by atoms with Crippen LogP contribution in [-0.4, -0.2) is 15.9 Å². The van der Waals surface area contributed by atoms with E-state index < -0.39 is 0 Å². The first-order valence-corrected chi connectivity index (χ1v) is 7.07. The normalized spacial score (nSPS) is 10.3. The zero-order chi connectivity index (χ0) is 14.5. The van der Waals surface area contributed by atoms with E-state index in [9.17, 15) is 4.79 Å². The number of anilines is 2. The molecule has 0 fully saturated rings. The Morgan fingerprint density at radius 2 is 2.00 bits per heavy atom. The molecule has 0 spiro atoms. The van der Waals surface area contributed by atoms with Crippen LogP contribution in [0.4, 0.5) is 11.5 Å². The number of nitrogens with two attached hydrogens (primary N) is 1. The maximum Gasteiger partial charge on any atom is 0.221 e. The number of nitrogens with one attached hydrogen (secondary N) is 1. The minimum absolute atomic E-state index is 0.0819. The van der Waals surface area contributed by atoms with Crippen molar-refractivity contribution in [3.05, 3.63) is 36.2 Å². The monoisotopic (exact) mass is 288 g/mol. The summed E-state index contributed by atoms with van der Waals surface area (Å²) in [5.74, 6) is 1.14. The summed E-state index contributed by atoms with van der Waals surface area (Å²) in [5, 5.41) is 3.55. The van der Waals surface area contributed by atoms with Crippen molar-refractivity contribution in [2.24, 2.45) is 0 Å². The van der Waals surface area contributed by atoms with Gasteiger partial charge in [-0.05, 0) is 24.3 Å². The van der Waals surface area contributed by atoms with Crippen molar-refractivity contribution in [1.29, 1.82) is 0 Å². The Morgan fingerprint density at radius 1 is 1.30 bits per heavy atom. The molecule has 5 nitrogen and oxygen atoms in total. The molecule has 0 bridgehead atoms. The van der Waals surface area contributed by atoms with Gasteiger partial charge in [0.15, 0.2) is 0 Å². The number of rotatable bonds is 4. The van der Waals surface area contributed by atoms with Crippen molar-refractivity contribution in [3.8, 4) is 0 Å². The fourth-order valence-electron chi connectivity index (χ4n) is 1.63. The minimum atomic E-state index is -0.0819. The van der Waals surface area contributed by atoms with Gasteiger partial charge in [-0.15, -0.1) is 0 Å². The Balaban J connectivity index is 2.13. The summed E-state index contributed by atoms with van der Waals surface area (Å²) < 4.78 is 0. The summed E-state index contributed by atoms with van der Waals surface area (Å²) in [6.45, 7) is 3.48. The first-order chi connectivity index (χ1) is 9.56. The predicted molar refractivity (Wildman–Crippen MR) is 80.7 cm³/mol. The number of aromatic nitrogens is 2. The average Bonchev–Trinajstić information content (AvgIpc) is 2.39. The van der Waals surface area contributed by atoms with E-state index in [0.717, 1.165) is 27.9 Å². The Morgan fingerprint density at radius 3 is 2.60 bits per heavy atom. The summed E-state index contributed by atoms with van der Waals surface area (Å²) >= 11 is 1.52. The third-order valence-electron chi connectivity index (χ3n) is 2.48. The molecule has 0 unspecified atom stereocenters. The van der Waals surface area contributed by atoms with Crippen molar-refractivity contribution < 1.29 is 4.79 Å². The van der Waals surface area contributed by atoms with Gasteiger partial charge in [0.25, 0.3) is 0 Å². The lowest BCUT2D eigenvalue weighted by Crippen LogP contribution is -2.05. The van der Waals surface area contributed by atoms with Gasteiger partial charge in [-0.1, -0.05) is 18.7 Å². The highest BCUT2D eigenvalue weighted by atomic mass is 32.2. The van der Waals surface area contributed by atoms with Crippen LogP contribution in [0.15, 0.2) is 40.3 Å². The molecule has 2 rings (SSSR count). The van der Waals surface area contributed by atoms with Crippen molar-refractivity contribution in [1.82, 2.24) is 9.97 Å². The molecule has 104 valence electrons. The number of amides is 1. The van der Waals surface area contributed by atoms with E-state index >= 15 is 0 Å². The molecular formula is C14H16N4OS. The average molecular weight is 288 g/mol. The third kappa shape index (κ3) is 3.96. The third-order valence-corrected chi connectivity index (χ3v) is 3.41. The fourth-order valence-corrected chi connectivity index (χ4v) is 2.48. The Bertz CT molecular complexity index is 613. The summed E-state index contributed by atoms with van der Waals surface area (Å²) in [4.78, 5) is 20.5. The number of carbonyl (C=O) groups excluding carboxylic acids is 1. The number of nitrogens with zero attached hydrogens (tertiary/aromatic N) is 2. The van der Waals surface area contributed by atoms with Gasteiger partial charge in [0, 0.05) is 30.0 Å². The molecule has 0 aliphatic carbocycles. The van der Waals surface area contributed by atoms with E-state index in [-0.39, 0.29) is 5.91 Å². The van der Waals surface area contributed by atoms with E-state index in [1.807, 2.05) is 31.2 Å². The van der Waals surface area contributed by atoms with Crippen molar-refractivity contribution in [2.45, 2.75) is 30.2 Å². The molecule has 0 aliphatic heterocycles. The first kappa shape index (κ1) is 14.3. The highest BCUT2D eigenvalue weighted by Gasteiger charge is 2.04. The number of hydrogen-bond donors (Lipinski definition) is 2. The van der Waals surface area contributed by atoms with Gasteiger partial charge in [0.1, 0.15) is 16.7 Å². The fraction of sp³-hybridized carbons (Fsp3) is 0.214. The highest BCUT2D eigenvalue weighted by molar-refractivity contribution is 7.99. The SMILES string of the molecule is CCc1nc(N)cc(Sc2ccc(NC(C)=O)cc2)n1. The summed E-state index contributed by atoms with van der Waals surface area (Å²) in [7, 11) is 0. The number of hydrogen-bond acceptors (Lipinski definition) is 5. The van der Waals surface area contributed by atoms with Crippen molar-refractivity contribution in [2.75, 3.05) is 11.1 Å². The second-order valence-corrected chi connectivity index (χ2v) is 5.30. The van der Waals surface area contributed by atoms with Crippen molar-refractivity contribution >= 4 is 29.2 Å². The van der Waals surface area contributed by atoms with Crippen molar-refractivity contribution in [3.63, 3.8) is 0 Å². The molecular weight excluding hydrogens is 272 g/mol. The maximum atomic E-state index is 10.9. The minimum Gasteiger partial charge on any atom is -0.384 e. The van der Waals surface area contributed by atoms with E-state index in [0.29, 0.717) is 5.82 Å². The molecule has 1 aromatic heterocycles. The van der Waals surface area contributed by atoms with E-state index in [1.165, 1.54) is 18.7 Å². The number of aryl methyl sites for hydroxylation is 1. The number of carbonyl (C=O) groups is 1. The quantitative estimate of drug-likeness (QED) is 0.845. The van der Waals surface area contributed by atoms with E-state index in [1.54, 1.807) is 6.07 Å². The Labute approximate surface area is 122 Å². The lowest BCUT2D eigenvalue weighted by Gasteiger charge is -2.06. The molecule has 0 atom stereocenters. The largest absolute Gasteiger partial charge is 0.384 e. The van der Waals surface area contributed by atoms with Gasteiger partial charge < -0.3 is 11.1 Å². The second kappa shape index (κ2) is 6.38. The van der Waals surface area contributed by atoms with Gasteiger partial charge >= 0.3 is 0 Å². The molecule has 2 aromatic rings. The molecule has 0 saturated carbocycles. The van der Waals surface area contributed by atoms with Gasteiger partial charge in [-0.3, -0.25) is 4.79 Å². The molecule has 1 heterocycles. The molecule has 6 heteroatoms. The molecule has 0 radical (unpaired) electrons. The van der Waals surface area contributed by atoms with Crippen LogP contribution in [0.2, 0.25) is 0 Å². The maximum absolute atomic E-state index is 10.9. The molecule has 0 aliphatic rings. The molecule has 1 amide bonds.